The molecule has 1 saturated heterocycles. The molecule has 0 aromatic heterocycles. The average Bonchev–Trinajstić information content (AvgIpc) is 2.52. The number of para-hydroxylation sites is 1. The molecule has 0 aliphatic carbocycles. The topological polar surface area (TPSA) is 30.9 Å². The molecule has 1 fully saturated rings. The number of morpholine rings is 1. The maximum Gasteiger partial charge on any atom is 0.124 e. The fourth-order valence-corrected chi connectivity index (χ4v) is 2.68. The summed E-state index contributed by atoms with van der Waals surface area (Å²) >= 11 is 0. The Kier molecular flexibility index (Phi) is 6.49. The molecule has 118 valence electrons. The van der Waals surface area contributed by atoms with Gasteiger partial charge in [0.1, 0.15) is 5.75 Å². The van der Waals surface area contributed by atoms with E-state index in [4.69, 9.17) is 14.2 Å². The Labute approximate surface area is 128 Å². The third-order valence-electron chi connectivity index (χ3n) is 3.86. The fourth-order valence-electron chi connectivity index (χ4n) is 2.68. The molecule has 0 radical (unpaired) electrons. The van der Waals surface area contributed by atoms with Gasteiger partial charge in [0.05, 0.1) is 33.0 Å². The normalized spacial score (nSPS) is 17.9. The maximum absolute atomic E-state index is 6.17. The number of methoxy groups -OCH3 is 1. The summed E-state index contributed by atoms with van der Waals surface area (Å²) in [5, 5.41) is 0. The van der Waals surface area contributed by atoms with Crippen LogP contribution < -0.4 is 4.74 Å². The first-order valence-electron chi connectivity index (χ1n) is 7.77. The highest BCUT2D eigenvalue weighted by Gasteiger charge is 2.20. The molecule has 1 heterocycles. The lowest BCUT2D eigenvalue weighted by Gasteiger charge is -2.28. The third kappa shape index (κ3) is 4.70. The maximum atomic E-state index is 6.17. The van der Waals surface area contributed by atoms with Crippen molar-refractivity contribution in [3.05, 3.63) is 29.8 Å². The minimum Gasteiger partial charge on any atom is -0.496 e. The average molecular weight is 293 g/mol. The number of ether oxygens (including phenoxy) is 3. The highest BCUT2D eigenvalue weighted by molar-refractivity contribution is 5.35. The Morgan fingerprint density at radius 3 is 2.57 bits per heavy atom. The van der Waals surface area contributed by atoms with E-state index in [-0.39, 0.29) is 6.10 Å². The minimum absolute atomic E-state index is 0.0715. The van der Waals surface area contributed by atoms with Gasteiger partial charge in [-0.1, -0.05) is 32.0 Å². The van der Waals surface area contributed by atoms with Crippen LogP contribution in [0.3, 0.4) is 0 Å². The molecule has 2 rings (SSSR count). The molecular formula is C17H27NO3. The van der Waals surface area contributed by atoms with Gasteiger partial charge in [0.25, 0.3) is 0 Å². The molecule has 1 aromatic rings. The summed E-state index contributed by atoms with van der Waals surface area (Å²) < 4.78 is 17.0. The number of hydrogen-bond acceptors (Lipinski definition) is 4. The van der Waals surface area contributed by atoms with Crippen LogP contribution in [-0.2, 0) is 9.47 Å². The van der Waals surface area contributed by atoms with E-state index in [1.54, 1.807) is 7.11 Å². The first kappa shape index (κ1) is 16.3. The summed E-state index contributed by atoms with van der Waals surface area (Å²) in [6.45, 7) is 9.75. The van der Waals surface area contributed by atoms with E-state index < -0.39 is 0 Å². The minimum atomic E-state index is 0.0715. The summed E-state index contributed by atoms with van der Waals surface area (Å²) in [4.78, 5) is 2.39. The molecule has 4 heteroatoms. The molecule has 21 heavy (non-hydrogen) atoms. The van der Waals surface area contributed by atoms with Crippen LogP contribution in [0.1, 0.15) is 25.5 Å². The summed E-state index contributed by atoms with van der Waals surface area (Å²) in [6.07, 6.45) is 0.0715. The number of benzene rings is 1. The smallest absolute Gasteiger partial charge is 0.124 e. The second kappa shape index (κ2) is 8.37. The first-order chi connectivity index (χ1) is 10.2. The van der Waals surface area contributed by atoms with Crippen LogP contribution in [0, 0.1) is 5.92 Å². The van der Waals surface area contributed by atoms with E-state index >= 15 is 0 Å². The Morgan fingerprint density at radius 1 is 1.19 bits per heavy atom. The molecule has 0 spiro atoms. The van der Waals surface area contributed by atoms with Crippen molar-refractivity contribution in [3.8, 4) is 5.75 Å². The molecule has 1 aromatic carbocycles. The zero-order valence-corrected chi connectivity index (χ0v) is 13.4. The second-order valence-electron chi connectivity index (χ2n) is 5.73. The molecule has 4 nitrogen and oxygen atoms in total. The van der Waals surface area contributed by atoms with Gasteiger partial charge in [0.2, 0.25) is 0 Å². The largest absolute Gasteiger partial charge is 0.496 e. The van der Waals surface area contributed by atoms with Gasteiger partial charge in [0.15, 0.2) is 0 Å². The van der Waals surface area contributed by atoms with Crippen molar-refractivity contribution in [2.24, 2.45) is 5.92 Å². The van der Waals surface area contributed by atoms with Crippen LogP contribution >= 0.6 is 0 Å². The van der Waals surface area contributed by atoms with Crippen LogP contribution in [0.15, 0.2) is 24.3 Å². The third-order valence-corrected chi connectivity index (χ3v) is 3.86. The standard InChI is InChI=1S/C17H27NO3/c1-14(2)17(15-6-4-5-7-16(15)19-3)21-13-10-18-8-11-20-12-9-18/h4-7,14,17H,8-13H2,1-3H3. The van der Waals surface area contributed by atoms with Gasteiger partial charge in [0, 0.05) is 25.2 Å². The molecule has 0 saturated carbocycles. The van der Waals surface area contributed by atoms with Crippen LogP contribution in [0.5, 0.6) is 5.75 Å². The van der Waals surface area contributed by atoms with Gasteiger partial charge in [-0.2, -0.15) is 0 Å². The molecule has 1 unspecified atom stereocenters. The van der Waals surface area contributed by atoms with Crippen LogP contribution in [0.25, 0.3) is 0 Å². The van der Waals surface area contributed by atoms with Gasteiger partial charge in [-0.25, -0.2) is 0 Å². The van der Waals surface area contributed by atoms with Crippen molar-refractivity contribution in [2.45, 2.75) is 20.0 Å². The van der Waals surface area contributed by atoms with E-state index in [0.29, 0.717) is 5.92 Å². The number of hydrogen-bond donors (Lipinski definition) is 0. The highest BCUT2D eigenvalue weighted by Crippen LogP contribution is 2.32. The van der Waals surface area contributed by atoms with Crippen molar-refractivity contribution in [1.82, 2.24) is 4.90 Å². The van der Waals surface area contributed by atoms with E-state index in [9.17, 15) is 0 Å². The molecule has 1 aliphatic rings. The lowest BCUT2D eigenvalue weighted by atomic mass is 9.98. The summed E-state index contributed by atoms with van der Waals surface area (Å²) in [5.41, 5.74) is 1.14. The Balaban J connectivity index is 1.92. The van der Waals surface area contributed by atoms with Crippen LogP contribution in [0.4, 0.5) is 0 Å². The first-order valence-corrected chi connectivity index (χ1v) is 7.77. The molecule has 1 aliphatic heterocycles. The Hall–Kier alpha value is -1.10. The van der Waals surface area contributed by atoms with Gasteiger partial charge in [-0.15, -0.1) is 0 Å². The van der Waals surface area contributed by atoms with E-state index in [0.717, 1.165) is 50.8 Å². The van der Waals surface area contributed by atoms with E-state index in [1.807, 2.05) is 18.2 Å². The molecule has 1 atom stereocenters. The number of nitrogens with zero attached hydrogens (tertiary/aromatic N) is 1. The predicted octanol–water partition coefficient (Wildman–Crippen LogP) is 2.74. The summed E-state index contributed by atoms with van der Waals surface area (Å²) in [7, 11) is 1.71. The monoisotopic (exact) mass is 293 g/mol. The lowest BCUT2D eigenvalue weighted by molar-refractivity contribution is -0.0138. The van der Waals surface area contributed by atoms with Crippen molar-refractivity contribution in [3.63, 3.8) is 0 Å². The quantitative estimate of drug-likeness (QED) is 0.773. The van der Waals surface area contributed by atoms with Gasteiger partial charge < -0.3 is 14.2 Å². The predicted molar refractivity (Wildman–Crippen MR) is 83.8 cm³/mol. The second-order valence-corrected chi connectivity index (χ2v) is 5.73. The molecular weight excluding hydrogens is 266 g/mol. The van der Waals surface area contributed by atoms with Gasteiger partial charge in [-0.05, 0) is 12.0 Å². The van der Waals surface area contributed by atoms with Crippen LogP contribution in [-0.4, -0.2) is 51.5 Å². The SMILES string of the molecule is COc1ccccc1C(OCCN1CCOCC1)C(C)C. The molecule has 0 bridgehead atoms. The number of rotatable bonds is 7. The van der Waals surface area contributed by atoms with Gasteiger partial charge >= 0.3 is 0 Å². The Bertz CT molecular complexity index is 416. The zero-order valence-electron chi connectivity index (χ0n) is 13.4. The molecule has 0 N–H and O–H groups in total. The van der Waals surface area contributed by atoms with Crippen molar-refractivity contribution in [2.75, 3.05) is 46.6 Å². The van der Waals surface area contributed by atoms with Gasteiger partial charge in [-0.3, -0.25) is 4.90 Å². The van der Waals surface area contributed by atoms with Crippen molar-refractivity contribution >= 4 is 0 Å². The van der Waals surface area contributed by atoms with E-state index in [2.05, 4.69) is 24.8 Å². The van der Waals surface area contributed by atoms with E-state index in [1.165, 1.54) is 0 Å². The Morgan fingerprint density at radius 2 is 1.90 bits per heavy atom. The highest BCUT2D eigenvalue weighted by atomic mass is 16.5. The fraction of sp³-hybridized carbons (Fsp3) is 0.647. The lowest BCUT2D eigenvalue weighted by Crippen LogP contribution is -2.38. The van der Waals surface area contributed by atoms with Crippen LogP contribution in [0.2, 0.25) is 0 Å². The zero-order chi connectivity index (χ0) is 15.1. The van der Waals surface area contributed by atoms with Crippen molar-refractivity contribution < 1.29 is 14.2 Å². The molecule has 0 amide bonds. The summed E-state index contributed by atoms with van der Waals surface area (Å²) in [6, 6.07) is 8.13. The van der Waals surface area contributed by atoms with Crippen molar-refractivity contribution in [1.29, 1.82) is 0 Å². The summed E-state index contributed by atoms with van der Waals surface area (Å²) in [5.74, 6) is 1.31.